The van der Waals surface area contributed by atoms with Crippen molar-refractivity contribution in [3.63, 3.8) is 0 Å². The highest BCUT2D eigenvalue weighted by atomic mass is 16.5. The molecule has 2 heterocycles. The van der Waals surface area contributed by atoms with E-state index in [0.29, 0.717) is 49.6 Å². The van der Waals surface area contributed by atoms with E-state index < -0.39 is 5.91 Å². The molecular weight excluding hydrogens is 430 g/mol. The van der Waals surface area contributed by atoms with Gasteiger partial charge in [-0.2, -0.15) is 0 Å². The molecule has 0 saturated carbocycles. The Morgan fingerprint density at radius 3 is 2.62 bits per heavy atom. The van der Waals surface area contributed by atoms with E-state index in [1.807, 2.05) is 53.4 Å². The van der Waals surface area contributed by atoms with Gasteiger partial charge in [-0.05, 0) is 60.0 Å². The van der Waals surface area contributed by atoms with Crippen LogP contribution in [-0.4, -0.2) is 54.6 Å². The first kappa shape index (κ1) is 22.0. The first-order valence-corrected chi connectivity index (χ1v) is 11.5. The Hall–Kier alpha value is -3.84. The number of carbonyl (C=O) groups excluding carboxylic acids is 2. The number of carbonyl (C=O) groups is 2. The SMILES string of the molecule is CCCOc1cccc(-c2cc(C(N)=O)c3[nH]c4ccc(C(=O)N5CCOCC5)cc4c3c2)c1. The van der Waals surface area contributed by atoms with Gasteiger partial charge in [0.05, 0.1) is 30.9 Å². The molecule has 1 saturated heterocycles. The molecule has 0 atom stereocenters. The minimum Gasteiger partial charge on any atom is -0.494 e. The van der Waals surface area contributed by atoms with Crippen molar-refractivity contribution in [2.24, 2.45) is 5.73 Å². The van der Waals surface area contributed by atoms with Crippen molar-refractivity contribution in [3.8, 4) is 16.9 Å². The van der Waals surface area contributed by atoms with Crippen molar-refractivity contribution in [1.29, 1.82) is 0 Å². The molecule has 4 aromatic rings. The fourth-order valence-corrected chi connectivity index (χ4v) is 4.43. The second kappa shape index (κ2) is 9.19. The number of aromatic amines is 1. The first-order valence-electron chi connectivity index (χ1n) is 11.5. The lowest BCUT2D eigenvalue weighted by atomic mass is 9.98. The van der Waals surface area contributed by atoms with Crippen LogP contribution in [0.1, 0.15) is 34.1 Å². The van der Waals surface area contributed by atoms with Crippen molar-refractivity contribution < 1.29 is 19.1 Å². The average molecular weight is 458 g/mol. The van der Waals surface area contributed by atoms with E-state index >= 15 is 0 Å². The number of hydrogen-bond donors (Lipinski definition) is 2. The lowest BCUT2D eigenvalue weighted by Crippen LogP contribution is -2.40. The number of hydrogen-bond acceptors (Lipinski definition) is 4. The molecule has 2 amide bonds. The van der Waals surface area contributed by atoms with Gasteiger partial charge in [-0.15, -0.1) is 0 Å². The number of ether oxygens (including phenoxy) is 2. The number of nitrogens with zero attached hydrogens (tertiary/aromatic N) is 1. The number of aromatic nitrogens is 1. The number of morpholine rings is 1. The number of H-pyrrole nitrogens is 1. The molecule has 1 fully saturated rings. The van der Waals surface area contributed by atoms with Gasteiger partial charge in [0.15, 0.2) is 0 Å². The Kier molecular flexibility index (Phi) is 5.94. The van der Waals surface area contributed by atoms with Gasteiger partial charge >= 0.3 is 0 Å². The fourth-order valence-electron chi connectivity index (χ4n) is 4.43. The third-order valence-corrected chi connectivity index (χ3v) is 6.16. The highest BCUT2D eigenvalue weighted by molar-refractivity contribution is 6.17. The zero-order valence-corrected chi connectivity index (χ0v) is 19.1. The highest BCUT2D eigenvalue weighted by Gasteiger charge is 2.20. The summed E-state index contributed by atoms with van der Waals surface area (Å²) in [4.78, 5) is 30.6. The van der Waals surface area contributed by atoms with E-state index in [0.717, 1.165) is 39.6 Å². The van der Waals surface area contributed by atoms with Crippen LogP contribution in [0.25, 0.3) is 32.9 Å². The Bertz CT molecular complexity index is 1390. The van der Waals surface area contributed by atoms with Crippen LogP contribution >= 0.6 is 0 Å². The standard InChI is InChI=1S/C27H27N3O4/c1-2-10-34-20-5-3-4-17(13-20)19-15-22-21-14-18(27(32)30-8-11-33-12-9-30)6-7-24(21)29-25(22)23(16-19)26(28)31/h3-7,13-16,29H,2,8-12H2,1H3,(H2,28,31). The summed E-state index contributed by atoms with van der Waals surface area (Å²) in [6.07, 6.45) is 0.920. The van der Waals surface area contributed by atoms with Gasteiger partial charge in [-0.3, -0.25) is 9.59 Å². The van der Waals surface area contributed by atoms with Gasteiger partial charge in [0.25, 0.3) is 11.8 Å². The number of benzene rings is 3. The van der Waals surface area contributed by atoms with E-state index in [4.69, 9.17) is 15.2 Å². The zero-order chi connectivity index (χ0) is 23.7. The minimum atomic E-state index is -0.513. The van der Waals surface area contributed by atoms with Gasteiger partial charge in [0.1, 0.15) is 5.75 Å². The molecule has 0 radical (unpaired) electrons. The molecule has 7 nitrogen and oxygen atoms in total. The van der Waals surface area contributed by atoms with Crippen LogP contribution in [0.3, 0.4) is 0 Å². The maximum Gasteiger partial charge on any atom is 0.254 e. The number of rotatable bonds is 6. The monoisotopic (exact) mass is 457 g/mol. The molecule has 0 bridgehead atoms. The quantitative estimate of drug-likeness (QED) is 0.450. The van der Waals surface area contributed by atoms with Gasteiger partial charge in [0.2, 0.25) is 0 Å². The topological polar surface area (TPSA) is 97.7 Å². The Balaban J connectivity index is 1.63. The molecule has 1 aliphatic rings. The predicted molar refractivity (Wildman–Crippen MR) is 132 cm³/mol. The molecule has 1 aromatic heterocycles. The largest absolute Gasteiger partial charge is 0.494 e. The zero-order valence-electron chi connectivity index (χ0n) is 19.1. The third kappa shape index (κ3) is 4.10. The van der Waals surface area contributed by atoms with E-state index in [-0.39, 0.29) is 5.91 Å². The van der Waals surface area contributed by atoms with Crippen molar-refractivity contribution in [2.75, 3.05) is 32.9 Å². The normalized spacial score (nSPS) is 14.0. The lowest BCUT2D eigenvalue weighted by molar-refractivity contribution is 0.0303. The number of amides is 2. The molecular formula is C27H27N3O4. The van der Waals surface area contributed by atoms with Crippen molar-refractivity contribution in [1.82, 2.24) is 9.88 Å². The molecule has 3 N–H and O–H groups in total. The Morgan fingerprint density at radius 2 is 1.85 bits per heavy atom. The summed E-state index contributed by atoms with van der Waals surface area (Å²) in [5, 5.41) is 1.72. The van der Waals surface area contributed by atoms with Crippen LogP contribution in [0.5, 0.6) is 5.75 Å². The van der Waals surface area contributed by atoms with E-state index in [1.165, 1.54) is 0 Å². The number of fused-ring (bicyclic) bond motifs is 3. The van der Waals surface area contributed by atoms with Crippen LogP contribution < -0.4 is 10.5 Å². The molecule has 0 unspecified atom stereocenters. The molecule has 5 rings (SSSR count). The summed E-state index contributed by atoms with van der Waals surface area (Å²) < 4.78 is 11.2. The summed E-state index contributed by atoms with van der Waals surface area (Å²) in [5.41, 5.74) is 10.1. The Morgan fingerprint density at radius 1 is 1.03 bits per heavy atom. The van der Waals surface area contributed by atoms with Crippen molar-refractivity contribution in [2.45, 2.75) is 13.3 Å². The molecule has 34 heavy (non-hydrogen) atoms. The summed E-state index contributed by atoms with van der Waals surface area (Å²) in [5.74, 6) is 0.241. The molecule has 7 heteroatoms. The van der Waals surface area contributed by atoms with Gasteiger partial charge in [-0.25, -0.2) is 0 Å². The second-order valence-electron chi connectivity index (χ2n) is 8.48. The lowest BCUT2D eigenvalue weighted by Gasteiger charge is -2.26. The highest BCUT2D eigenvalue weighted by Crippen LogP contribution is 2.34. The van der Waals surface area contributed by atoms with Gasteiger partial charge in [0, 0.05) is 34.9 Å². The maximum absolute atomic E-state index is 13.1. The second-order valence-corrected chi connectivity index (χ2v) is 8.48. The van der Waals surface area contributed by atoms with Crippen LogP contribution in [-0.2, 0) is 4.74 Å². The van der Waals surface area contributed by atoms with Crippen LogP contribution in [0.2, 0.25) is 0 Å². The molecule has 1 aliphatic heterocycles. The molecule has 0 spiro atoms. The summed E-state index contributed by atoms with van der Waals surface area (Å²) >= 11 is 0. The summed E-state index contributed by atoms with van der Waals surface area (Å²) in [6.45, 7) is 4.96. The van der Waals surface area contributed by atoms with Crippen molar-refractivity contribution in [3.05, 3.63) is 65.7 Å². The van der Waals surface area contributed by atoms with Crippen molar-refractivity contribution >= 4 is 33.6 Å². The summed E-state index contributed by atoms with van der Waals surface area (Å²) in [6, 6.07) is 17.2. The average Bonchev–Trinajstić information content (AvgIpc) is 3.25. The third-order valence-electron chi connectivity index (χ3n) is 6.16. The molecule has 3 aromatic carbocycles. The maximum atomic E-state index is 13.1. The Labute approximate surface area is 197 Å². The van der Waals surface area contributed by atoms with Crippen LogP contribution in [0.15, 0.2) is 54.6 Å². The van der Waals surface area contributed by atoms with Crippen LogP contribution in [0.4, 0.5) is 0 Å². The van der Waals surface area contributed by atoms with E-state index in [2.05, 4.69) is 11.9 Å². The van der Waals surface area contributed by atoms with E-state index in [1.54, 1.807) is 6.07 Å². The minimum absolute atomic E-state index is 0.0217. The van der Waals surface area contributed by atoms with Crippen LogP contribution in [0, 0.1) is 0 Å². The number of primary amides is 1. The first-order chi connectivity index (χ1) is 16.5. The number of nitrogens with one attached hydrogen (secondary N) is 1. The smallest absolute Gasteiger partial charge is 0.254 e. The predicted octanol–water partition coefficient (Wildman–Crippen LogP) is 4.35. The fraction of sp³-hybridized carbons (Fsp3) is 0.259. The van der Waals surface area contributed by atoms with Gasteiger partial charge in [-0.1, -0.05) is 19.1 Å². The summed E-state index contributed by atoms with van der Waals surface area (Å²) in [7, 11) is 0. The van der Waals surface area contributed by atoms with E-state index in [9.17, 15) is 9.59 Å². The molecule has 0 aliphatic carbocycles. The number of nitrogens with two attached hydrogens (primary N) is 1. The molecule has 174 valence electrons. The van der Waals surface area contributed by atoms with Gasteiger partial charge < -0.3 is 25.1 Å².